The van der Waals surface area contributed by atoms with Gasteiger partial charge in [0.15, 0.2) is 0 Å². The molecule has 0 saturated heterocycles. The number of aliphatic carboxylic acids is 2. The maximum Gasteiger partial charge on any atom is 0.300 e. The average molecular weight is 397 g/mol. The van der Waals surface area contributed by atoms with Crippen LogP contribution in [0, 0.1) is 0 Å². The van der Waals surface area contributed by atoms with Crippen molar-refractivity contribution in [2.75, 3.05) is 0 Å². The molecular formula is C22H23NO6. The SMILES string of the molecule is CC(=O)O.CC(=O)O.Oc1ccc(C(c2ccc(O)cc2)c2ccccn2)cc1. The Balaban J connectivity index is 0.000000452. The average Bonchev–Trinajstić information content (AvgIpc) is 2.65. The molecule has 3 aromatic rings. The summed E-state index contributed by atoms with van der Waals surface area (Å²) in [6.07, 6.45) is 1.77. The third-order valence-corrected chi connectivity index (χ3v) is 3.44. The smallest absolute Gasteiger partial charge is 0.300 e. The van der Waals surface area contributed by atoms with Crippen molar-refractivity contribution in [3.05, 3.63) is 89.7 Å². The van der Waals surface area contributed by atoms with E-state index in [1.165, 1.54) is 0 Å². The number of phenolic OH excluding ortho intramolecular Hbond substituents is 2. The van der Waals surface area contributed by atoms with E-state index in [1.54, 1.807) is 30.5 Å². The van der Waals surface area contributed by atoms with E-state index in [1.807, 2.05) is 42.5 Å². The van der Waals surface area contributed by atoms with Gasteiger partial charge in [-0.1, -0.05) is 30.3 Å². The molecule has 7 heteroatoms. The Labute approximate surface area is 168 Å². The van der Waals surface area contributed by atoms with Crippen molar-refractivity contribution in [2.45, 2.75) is 19.8 Å². The highest BCUT2D eigenvalue weighted by atomic mass is 16.4. The molecule has 0 bridgehead atoms. The number of carboxylic acid groups (broad SMARTS) is 2. The molecule has 0 aliphatic rings. The first-order valence-electron chi connectivity index (χ1n) is 8.58. The number of pyridine rings is 1. The molecule has 0 radical (unpaired) electrons. The highest BCUT2D eigenvalue weighted by Gasteiger charge is 2.17. The summed E-state index contributed by atoms with van der Waals surface area (Å²) in [5.74, 6) is -1.22. The van der Waals surface area contributed by atoms with Crippen molar-refractivity contribution in [3.8, 4) is 11.5 Å². The van der Waals surface area contributed by atoms with Gasteiger partial charge in [0.2, 0.25) is 0 Å². The van der Waals surface area contributed by atoms with Crippen LogP contribution in [0.15, 0.2) is 72.9 Å². The Morgan fingerprint density at radius 2 is 1.10 bits per heavy atom. The van der Waals surface area contributed by atoms with Crippen molar-refractivity contribution in [1.82, 2.24) is 4.98 Å². The lowest BCUT2D eigenvalue weighted by atomic mass is 9.88. The quantitative estimate of drug-likeness (QED) is 0.528. The fourth-order valence-corrected chi connectivity index (χ4v) is 2.41. The van der Waals surface area contributed by atoms with E-state index in [0.717, 1.165) is 30.7 Å². The van der Waals surface area contributed by atoms with Crippen LogP contribution in [0.3, 0.4) is 0 Å². The lowest BCUT2D eigenvalue weighted by Gasteiger charge is -2.18. The van der Waals surface area contributed by atoms with Crippen LogP contribution in [0.25, 0.3) is 0 Å². The number of benzene rings is 2. The van der Waals surface area contributed by atoms with E-state index in [2.05, 4.69) is 4.98 Å². The molecule has 7 nitrogen and oxygen atoms in total. The lowest BCUT2D eigenvalue weighted by Crippen LogP contribution is -2.05. The Bertz CT molecular complexity index is 827. The molecular weight excluding hydrogens is 374 g/mol. The van der Waals surface area contributed by atoms with Gasteiger partial charge < -0.3 is 20.4 Å². The highest BCUT2D eigenvalue weighted by molar-refractivity contribution is 5.63. The zero-order valence-electron chi connectivity index (χ0n) is 16.1. The Morgan fingerprint density at radius 3 is 1.41 bits per heavy atom. The second-order valence-corrected chi connectivity index (χ2v) is 5.91. The molecule has 0 atom stereocenters. The third kappa shape index (κ3) is 9.05. The molecule has 0 spiro atoms. The first kappa shape index (κ1) is 23.2. The Morgan fingerprint density at radius 1 is 0.724 bits per heavy atom. The summed E-state index contributed by atoms with van der Waals surface area (Å²) < 4.78 is 0. The van der Waals surface area contributed by atoms with E-state index in [-0.39, 0.29) is 17.4 Å². The summed E-state index contributed by atoms with van der Waals surface area (Å²) in [7, 11) is 0. The molecule has 0 unspecified atom stereocenters. The molecule has 2 aromatic carbocycles. The minimum atomic E-state index is -0.833. The monoisotopic (exact) mass is 397 g/mol. The van der Waals surface area contributed by atoms with E-state index in [0.29, 0.717) is 0 Å². The van der Waals surface area contributed by atoms with Gasteiger partial charge in [-0.05, 0) is 47.5 Å². The van der Waals surface area contributed by atoms with Crippen LogP contribution in [0.2, 0.25) is 0 Å². The summed E-state index contributed by atoms with van der Waals surface area (Å²) in [4.78, 5) is 22.5. The molecule has 0 aliphatic heterocycles. The molecule has 1 aromatic heterocycles. The van der Waals surface area contributed by atoms with E-state index in [9.17, 15) is 10.2 Å². The van der Waals surface area contributed by atoms with Gasteiger partial charge in [0.25, 0.3) is 11.9 Å². The molecule has 0 aliphatic carbocycles. The number of hydrogen-bond acceptors (Lipinski definition) is 5. The molecule has 4 N–H and O–H groups in total. The largest absolute Gasteiger partial charge is 0.508 e. The number of hydrogen-bond donors (Lipinski definition) is 4. The maximum atomic E-state index is 9.47. The minimum absolute atomic E-state index is 0.0348. The zero-order valence-corrected chi connectivity index (χ0v) is 16.1. The standard InChI is InChI=1S/C18H15NO2.2C2H4O2/c20-15-8-4-13(5-9-15)18(17-3-1-2-12-19-17)14-6-10-16(21)11-7-14;2*1-2(3)4/h1-12,18,20-21H;2*1H3,(H,3,4). The molecule has 1 heterocycles. The molecule has 3 rings (SSSR count). The first-order valence-corrected chi connectivity index (χ1v) is 8.58. The summed E-state index contributed by atoms with van der Waals surface area (Å²) in [6, 6.07) is 20.1. The van der Waals surface area contributed by atoms with E-state index < -0.39 is 11.9 Å². The van der Waals surface area contributed by atoms with Crippen LogP contribution < -0.4 is 0 Å². The zero-order chi connectivity index (χ0) is 21.8. The van der Waals surface area contributed by atoms with Crippen molar-refractivity contribution in [1.29, 1.82) is 0 Å². The van der Waals surface area contributed by atoms with E-state index >= 15 is 0 Å². The number of phenols is 2. The van der Waals surface area contributed by atoms with Gasteiger partial charge in [0.1, 0.15) is 11.5 Å². The normalized spacial score (nSPS) is 9.48. The van der Waals surface area contributed by atoms with Crippen LogP contribution in [-0.4, -0.2) is 37.3 Å². The van der Waals surface area contributed by atoms with Gasteiger partial charge in [0, 0.05) is 20.0 Å². The number of carboxylic acids is 2. The van der Waals surface area contributed by atoms with Crippen LogP contribution in [0.4, 0.5) is 0 Å². The number of nitrogens with zero attached hydrogens (tertiary/aromatic N) is 1. The number of rotatable bonds is 3. The second-order valence-electron chi connectivity index (χ2n) is 5.91. The second kappa shape index (κ2) is 11.8. The van der Waals surface area contributed by atoms with E-state index in [4.69, 9.17) is 19.8 Å². The van der Waals surface area contributed by atoms with Gasteiger partial charge in [-0.2, -0.15) is 0 Å². The van der Waals surface area contributed by atoms with Gasteiger partial charge in [-0.15, -0.1) is 0 Å². The van der Waals surface area contributed by atoms with Crippen molar-refractivity contribution in [3.63, 3.8) is 0 Å². The molecule has 29 heavy (non-hydrogen) atoms. The van der Waals surface area contributed by atoms with Crippen LogP contribution in [0.1, 0.15) is 36.6 Å². The van der Waals surface area contributed by atoms with Gasteiger partial charge in [-0.3, -0.25) is 14.6 Å². The lowest BCUT2D eigenvalue weighted by molar-refractivity contribution is -0.135. The van der Waals surface area contributed by atoms with Crippen LogP contribution in [0.5, 0.6) is 11.5 Å². The van der Waals surface area contributed by atoms with Crippen molar-refractivity contribution >= 4 is 11.9 Å². The van der Waals surface area contributed by atoms with Crippen molar-refractivity contribution < 1.29 is 30.0 Å². The van der Waals surface area contributed by atoms with Crippen molar-refractivity contribution in [2.24, 2.45) is 0 Å². The van der Waals surface area contributed by atoms with Gasteiger partial charge in [-0.25, -0.2) is 0 Å². The highest BCUT2D eigenvalue weighted by Crippen LogP contribution is 2.32. The maximum absolute atomic E-state index is 9.47. The summed E-state index contributed by atoms with van der Waals surface area (Å²) in [5.41, 5.74) is 3.00. The van der Waals surface area contributed by atoms with Crippen LogP contribution >= 0.6 is 0 Å². The van der Waals surface area contributed by atoms with Gasteiger partial charge >= 0.3 is 0 Å². The minimum Gasteiger partial charge on any atom is -0.508 e. The fourth-order valence-electron chi connectivity index (χ4n) is 2.41. The third-order valence-electron chi connectivity index (χ3n) is 3.44. The molecule has 0 saturated carbocycles. The topological polar surface area (TPSA) is 128 Å². The Kier molecular flexibility index (Phi) is 9.40. The molecule has 152 valence electrons. The number of carbonyl (C=O) groups is 2. The molecule has 0 fully saturated rings. The summed E-state index contributed by atoms with van der Waals surface area (Å²) in [6.45, 7) is 2.17. The van der Waals surface area contributed by atoms with Crippen LogP contribution in [-0.2, 0) is 9.59 Å². The predicted molar refractivity (Wildman–Crippen MR) is 108 cm³/mol. The Hall–Kier alpha value is -3.87. The number of aromatic nitrogens is 1. The van der Waals surface area contributed by atoms with Gasteiger partial charge in [0.05, 0.1) is 11.6 Å². The summed E-state index contributed by atoms with van der Waals surface area (Å²) in [5, 5.41) is 33.8. The summed E-state index contributed by atoms with van der Waals surface area (Å²) >= 11 is 0. The predicted octanol–water partition coefficient (Wildman–Crippen LogP) is 3.85. The first-order chi connectivity index (χ1) is 13.7. The fraction of sp³-hybridized carbons (Fsp3) is 0.136. The molecule has 0 amide bonds. The number of aromatic hydroxyl groups is 2.